The molecule has 1 N–H and O–H groups in total. The van der Waals surface area contributed by atoms with Gasteiger partial charge in [0.15, 0.2) is 17.3 Å². The predicted molar refractivity (Wildman–Crippen MR) is 108 cm³/mol. The molecule has 0 spiro atoms. The Morgan fingerprint density at radius 2 is 2.04 bits per heavy atom. The zero-order valence-corrected chi connectivity index (χ0v) is 17.2. The summed E-state index contributed by atoms with van der Waals surface area (Å²) in [7, 11) is 3.23. The molecule has 1 aliphatic rings. The van der Waals surface area contributed by atoms with E-state index in [-0.39, 0.29) is 5.91 Å². The first kappa shape index (κ1) is 20.4. The minimum absolute atomic E-state index is 0.0189. The van der Waals surface area contributed by atoms with Crippen LogP contribution in [0.5, 0.6) is 11.5 Å². The first-order chi connectivity index (χ1) is 13.7. The van der Waals surface area contributed by atoms with Gasteiger partial charge in [0.25, 0.3) is 0 Å². The molecule has 0 radical (unpaired) electrons. The molecule has 0 bridgehead atoms. The lowest BCUT2D eigenvalue weighted by Crippen LogP contribution is -2.27. The van der Waals surface area contributed by atoms with Crippen molar-refractivity contribution in [2.45, 2.75) is 43.9 Å². The Kier molecular flexibility index (Phi) is 7.53. The van der Waals surface area contributed by atoms with E-state index in [4.69, 9.17) is 9.47 Å². The van der Waals surface area contributed by atoms with Crippen molar-refractivity contribution in [3.63, 3.8) is 0 Å². The Bertz CT molecular complexity index is 777. The smallest absolute Gasteiger partial charge is 0.230 e. The van der Waals surface area contributed by atoms with Crippen molar-refractivity contribution in [1.29, 1.82) is 0 Å². The van der Waals surface area contributed by atoms with Crippen LogP contribution >= 0.6 is 11.8 Å². The van der Waals surface area contributed by atoms with E-state index in [0.717, 1.165) is 30.7 Å². The highest BCUT2D eigenvalue weighted by molar-refractivity contribution is 7.99. The standard InChI is InChI=1S/C19H27N5O3S/c1-26-16-8-7-14(11-17(16)27-2)9-10-20-19(25)13-28-12-18-21-22-23-24(18)15-5-3-4-6-15/h7-8,11,15H,3-6,9-10,12-13H2,1-2H3,(H,20,25). The predicted octanol–water partition coefficient (Wildman–Crippen LogP) is 2.40. The van der Waals surface area contributed by atoms with E-state index in [1.807, 2.05) is 22.9 Å². The number of thioether (sulfide) groups is 1. The topological polar surface area (TPSA) is 91.2 Å². The van der Waals surface area contributed by atoms with Crippen LogP contribution in [0.2, 0.25) is 0 Å². The highest BCUT2D eigenvalue weighted by Crippen LogP contribution is 2.30. The summed E-state index contributed by atoms with van der Waals surface area (Å²) in [5, 5.41) is 15.0. The number of methoxy groups -OCH3 is 2. The number of hydrogen-bond donors (Lipinski definition) is 1. The van der Waals surface area contributed by atoms with E-state index in [1.165, 1.54) is 24.6 Å². The van der Waals surface area contributed by atoms with Crippen molar-refractivity contribution in [2.24, 2.45) is 0 Å². The summed E-state index contributed by atoms with van der Waals surface area (Å²) in [4.78, 5) is 12.1. The van der Waals surface area contributed by atoms with Gasteiger partial charge in [0.05, 0.1) is 31.8 Å². The summed E-state index contributed by atoms with van der Waals surface area (Å²) in [5.74, 6) is 3.31. The minimum Gasteiger partial charge on any atom is -0.493 e. The molecule has 0 atom stereocenters. The number of aromatic nitrogens is 4. The summed E-state index contributed by atoms with van der Waals surface area (Å²) in [6, 6.07) is 6.20. The van der Waals surface area contributed by atoms with E-state index >= 15 is 0 Å². The maximum Gasteiger partial charge on any atom is 0.230 e. The molecule has 8 nitrogen and oxygen atoms in total. The number of carbonyl (C=O) groups excluding carboxylic acids is 1. The molecular weight excluding hydrogens is 378 g/mol. The van der Waals surface area contributed by atoms with Crippen molar-refractivity contribution < 1.29 is 14.3 Å². The van der Waals surface area contributed by atoms with Crippen molar-refractivity contribution in [3.8, 4) is 11.5 Å². The monoisotopic (exact) mass is 405 g/mol. The average molecular weight is 406 g/mol. The summed E-state index contributed by atoms with van der Waals surface area (Å²) >= 11 is 1.54. The van der Waals surface area contributed by atoms with Gasteiger partial charge in [-0.1, -0.05) is 18.9 Å². The van der Waals surface area contributed by atoms with Gasteiger partial charge >= 0.3 is 0 Å². The largest absolute Gasteiger partial charge is 0.493 e. The number of amides is 1. The molecular formula is C19H27N5O3S. The SMILES string of the molecule is COc1ccc(CCNC(=O)CSCc2nnnn2C2CCCC2)cc1OC. The number of nitrogens with zero attached hydrogens (tertiary/aromatic N) is 4. The first-order valence-electron chi connectivity index (χ1n) is 9.53. The van der Waals surface area contributed by atoms with Crippen LogP contribution in [0, 0.1) is 0 Å². The molecule has 1 aromatic carbocycles. The molecule has 0 aliphatic heterocycles. The van der Waals surface area contributed by atoms with Crippen molar-refractivity contribution in [2.75, 3.05) is 26.5 Å². The van der Waals surface area contributed by atoms with Gasteiger partial charge in [-0.3, -0.25) is 4.79 Å². The van der Waals surface area contributed by atoms with Gasteiger partial charge in [-0.2, -0.15) is 0 Å². The molecule has 1 amide bonds. The second-order valence-corrected chi connectivity index (χ2v) is 7.75. The van der Waals surface area contributed by atoms with Gasteiger partial charge in [0, 0.05) is 6.54 Å². The highest BCUT2D eigenvalue weighted by atomic mass is 32.2. The molecule has 1 saturated carbocycles. The van der Waals surface area contributed by atoms with Gasteiger partial charge in [-0.25, -0.2) is 4.68 Å². The summed E-state index contributed by atoms with van der Waals surface area (Å²) in [6.45, 7) is 0.578. The number of tetrazole rings is 1. The van der Waals surface area contributed by atoms with Gasteiger partial charge in [0.1, 0.15) is 0 Å². The van der Waals surface area contributed by atoms with Crippen LogP contribution in [0.25, 0.3) is 0 Å². The summed E-state index contributed by atoms with van der Waals surface area (Å²) in [5.41, 5.74) is 1.08. The Hall–Kier alpha value is -2.29. The molecule has 1 heterocycles. The Morgan fingerprint density at radius 1 is 1.25 bits per heavy atom. The van der Waals surface area contributed by atoms with Crippen molar-refractivity contribution >= 4 is 17.7 Å². The van der Waals surface area contributed by atoms with E-state index in [1.54, 1.807) is 14.2 Å². The lowest BCUT2D eigenvalue weighted by Gasteiger charge is -2.11. The van der Waals surface area contributed by atoms with Crippen LogP contribution in [-0.4, -0.2) is 52.6 Å². The van der Waals surface area contributed by atoms with E-state index in [0.29, 0.717) is 35.6 Å². The molecule has 1 aliphatic carbocycles. The number of carbonyl (C=O) groups is 1. The maximum absolute atomic E-state index is 12.1. The quantitative estimate of drug-likeness (QED) is 0.649. The van der Waals surface area contributed by atoms with Crippen LogP contribution in [0.3, 0.4) is 0 Å². The minimum atomic E-state index is 0.0189. The molecule has 1 fully saturated rings. The molecule has 152 valence electrons. The number of benzene rings is 1. The third-order valence-corrected chi connectivity index (χ3v) is 5.81. The number of hydrogen-bond acceptors (Lipinski definition) is 7. The third-order valence-electron chi connectivity index (χ3n) is 4.88. The second-order valence-electron chi connectivity index (χ2n) is 6.76. The molecule has 0 saturated heterocycles. The summed E-state index contributed by atoms with van der Waals surface area (Å²) in [6.07, 6.45) is 5.48. The van der Waals surface area contributed by atoms with Crippen LogP contribution < -0.4 is 14.8 Å². The van der Waals surface area contributed by atoms with Crippen LogP contribution in [0.15, 0.2) is 18.2 Å². The molecule has 0 unspecified atom stereocenters. The van der Waals surface area contributed by atoms with Gasteiger partial charge in [-0.15, -0.1) is 16.9 Å². The number of ether oxygens (including phenoxy) is 2. The lowest BCUT2D eigenvalue weighted by molar-refractivity contribution is -0.118. The van der Waals surface area contributed by atoms with Crippen molar-refractivity contribution in [3.05, 3.63) is 29.6 Å². The lowest BCUT2D eigenvalue weighted by atomic mass is 10.1. The zero-order valence-electron chi connectivity index (χ0n) is 16.4. The van der Waals surface area contributed by atoms with Gasteiger partial charge in [-0.05, 0) is 47.4 Å². The van der Waals surface area contributed by atoms with E-state index in [2.05, 4.69) is 20.8 Å². The molecule has 2 aromatic rings. The van der Waals surface area contributed by atoms with Crippen LogP contribution in [0.1, 0.15) is 43.1 Å². The zero-order chi connectivity index (χ0) is 19.8. The Labute approximate surface area is 169 Å². The molecule has 9 heteroatoms. The van der Waals surface area contributed by atoms with Gasteiger partial charge in [0.2, 0.25) is 5.91 Å². The number of nitrogens with one attached hydrogen (secondary N) is 1. The van der Waals surface area contributed by atoms with Crippen molar-refractivity contribution in [1.82, 2.24) is 25.5 Å². The summed E-state index contributed by atoms with van der Waals surface area (Å²) < 4.78 is 12.5. The van der Waals surface area contributed by atoms with Crippen LogP contribution in [-0.2, 0) is 17.0 Å². The molecule has 28 heavy (non-hydrogen) atoms. The normalized spacial score (nSPS) is 14.2. The first-order valence-corrected chi connectivity index (χ1v) is 10.7. The maximum atomic E-state index is 12.1. The number of rotatable bonds is 10. The van der Waals surface area contributed by atoms with Gasteiger partial charge < -0.3 is 14.8 Å². The van der Waals surface area contributed by atoms with E-state index < -0.39 is 0 Å². The molecule has 1 aromatic heterocycles. The third kappa shape index (κ3) is 5.37. The Morgan fingerprint density at radius 3 is 2.79 bits per heavy atom. The fraction of sp³-hybridized carbons (Fsp3) is 0.579. The Balaban J connectivity index is 1.38. The molecule has 3 rings (SSSR count). The second kappa shape index (κ2) is 10.3. The average Bonchev–Trinajstić information content (AvgIpc) is 3.39. The van der Waals surface area contributed by atoms with Crippen LogP contribution in [0.4, 0.5) is 0 Å². The fourth-order valence-electron chi connectivity index (χ4n) is 3.41. The fourth-order valence-corrected chi connectivity index (χ4v) is 4.17. The van der Waals surface area contributed by atoms with E-state index in [9.17, 15) is 4.79 Å². The highest BCUT2D eigenvalue weighted by Gasteiger charge is 2.21.